The van der Waals surface area contributed by atoms with Crippen LogP contribution in [0, 0.1) is 0 Å². The third-order valence-electron chi connectivity index (χ3n) is 9.64. The van der Waals surface area contributed by atoms with E-state index < -0.39 is 17.6 Å². The van der Waals surface area contributed by atoms with Gasteiger partial charge in [-0.15, -0.1) is 0 Å². The van der Waals surface area contributed by atoms with Gasteiger partial charge in [0.05, 0.1) is 0 Å². The van der Waals surface area contributed by atoms with Gasteiger partial charge in [-0.2, -0.15) is 0 Å². The second kappa shape index (κ2) is 36.0. The van der Waals surface area contributed by atoms with Gasteiger partial charge >= 0.3 is 17.6 Å². The molecule has 0 heterocycles. The maximum absolute atomic E-state index is 6.60. The van der Waals surface area contributed by atoms with Crippen LogP contribution in [0.4, 0.5) is 0 Å². The molecule has 0 aromatic carbocycles. The molecule has 9 heteroatoms. The third kappa shape index (κ3) is 28.5. The van der Waals surface area contributed by atoms with E-state index in [1.54, 1.807) is 28.4 Å². The van der Waals surface area contributed by atoms with Gasteiger partial charge in [0.15, 0.2) is 0 Å². The molecule has 0 saturated carbocycles. The van der Waals surface area contributed by atoms with Crippen LogP contribution in [0.15, 0.2) is 0 Å². The minimum atomic E-state index is -2.89. The van der Waals surface area contributed by atoms with Crippen LogP contribution in [0.1, 0.15) is 181 Å². The molecular formula is C38H84N2O5Si2. The van der Waals surface area contributed by atoms with Crippen LogP contribution in [-0.2, 0) is 21.8 Å². The molecule has 0 aliphatic carbocycles. The van der Waals surface area contributed by atoms with Crippen molar-refractivity contribution in [3.63, 3.8) is 0 Å². The lowest BCUT2D eigenvalue weighted by Gasteiger charge is -2.35. The fourth-order valence-corrected chi connectivity index (χ4v) is 12.8. The summed E-state index contributed by atoms with van der Waals surface area (Å²) in [4.78, 5) is 0. The number of rotatable bonds is 40. The molecule has 284 valence electrons. The first kappa shape index (κ1) is 47.2. The highest BCUT2D eigenvalue weighted by atomic mass is 28.5. The normalized spacial score (nSPS) is 12.4. The van der Waals surface area contributed by atoms with Gasteiger partial charge in [0.1, 0.15) is 0 Å². The third-order valence-corrected chi connectivity index (χ3v) is 16.6. The van der Waals surface area contributed by atoms with Gasteiger partial charge in [0.2, 0.25) is 0 Å². The van der Waals surface area contributed by atoms with E-state index in [2.05, 4.69) is 24.5 Å². The standard InChI is InChI=1S/C38H84N2O5Si2/c1-7-9-11-13-15-17-19-21-23-25-27-29-33-39-35-31-37-46(41-3,42-4)45-47(43-5,44-6)38-32-36-40-34-30-28-26-24-22-20-18-16-14-12-10-8-2/h39-40H,7-38H2,1-6H3. The van der Waals surface area contributed by atoms with Gasteiger partial charge in [0, 0.05) is 40.5 Å². The van der Waals surface area contributed by atoms with Gasteiger partial charge in [0.25, 0.3) is 0 Å². The molecule has 2 N–H and O–H groups in total. The fourth-order valence-electron chi connectivity index (χ4n) is 6.37. The molecule has 0 aromatic heterocycles. The summed E-state index contributed by atoms with van der Waals surface area (Å²) in [5.41, 5.74) is 0. The van der Waals surface area contributed by atoms with Crippen molar-refractivity contribution < 1.29 is 21.8 Å². The Morgan fingerprint density at radius 1 is 0.319 bits per heavy atom. The zero-order valence-corrected chi connectivity index (χ0v) is 34.7. The van der Waals surface area contributed by atoms with E-state index in [4.69, 9.17) is 21.8 Å². The minimum absolute atomic E-state index is 0.754. The van der Waals surface area contributed by atoms with Crippen LogP contribution >= 0.6 is 0 Å². The van der Waals surface area contributed by atoms with Crippen molar-refractivity contribution in [3.8, 4) is 0 Å². The van der Waals surface area contributed by atoms with Crippen LogP contribution in [0.5, 0.6) is 0 Å². The van der Waals surface area contributed by atoms with E-state index >= 15 is 0 Å². The van der Waals surface area contributed by atoms with Gasteiger partial charge in [-0.3, -0.25) is 0 Å². The highest BCUT2D eigenvalue weighted by Gasteiger charge is 2.51. The van der Waals surface area contributed by atoms with Crippen molar-refractivity contribution in [3.05, 3.63) is 0 Å². The second-order valence-electron chi connectivity index (χ2n) is 13.8. The first-order chi connectivity index (χ1) is 23.1. The van der Waals surface area contributed by atoms with Crippen LogP contribution in [0.3, 0.4) is 0 Å². The Morgan fingerprint density at radius 3 is 0.809 bits per heavy atom. The highest BCUT2D eigenvalue weighted by Crippen LogP contribution is 2.26. The second-order valence-corrected chi connectivity index (χ2v) is 20.0. The van der Waals surface area contributed by atoms with Crippen molar-refractivity contribution in [2.75, 3.05) is 54.6 Å². The Morgan fingerprint density at radius 2 is 0.553 bits per heavy atom. The molecule has 0 aromatic rings. The van der Waals surface area contributed by atoms with Gasteiger partial charge in [-0.1, -0.05) is 155 Å². The predicted molar refractivity (Wildman–Crippen MR) is 207 cm³/mol. The lowest BCUT2D eigenvalue weighted by atomic mass is 10.1. The number of nitrogens with one attached hydrogen (secondary N) is 2. The molecule has 0 aliphatic rings. The highest BCUT2D eigenvalue weighted by molar-refractivity contribution is 6.75. The quantitative estimate of drug-likeness (QED) is 0.0486. The first-order valence-electron chi connectivity index (χ1n) is 20.4. The molecule has 0 atom stereocenters. The molecule has 0 aliphatic heterocycles. The van der Waals surface area contributed by atoms with E-state index in [0.717, 1.165) is 51.1 Å². The average Bonchev–Trinajstić information content (AvgIpc) is 3.10. The van der Waals surface area contributed by atoms with E-state index in [0.29, 0.717) is 0 Å². The zero-order valence-electron chi connectivity index (χ0n) is 32.7. The van der Waals surface area contributed by atoms with E-state index in [1.165, 1.54) is 154 Å². The van der Waals surface area contributed by atoms with Crippen molar-refractivity contribution >= 4 is 17.6 Å². The molecule has 0 rings (SSSR count). The number of unbranched alkanes of at least 4 members (excludes halogenated alkanes) is 22. The van der Waals surface area contributed by atoms with Crippen molar-refractivity contribution in [1.82, 2.24) is 10.6 Å². The molecule has 47 heavy (non-hydrogen) atoms. The fraction of sp³-hybridized carbons (Fsp3) is 1.00. The summed E-state index contributed by atoms with van der Waals surface area (Å²) in [6, 6.07) is 1.51. The average molecular weight is 705 g/mol. The summed E-state index contributed by atoms with van der Waals surface area (Å²) in [5.74, 6) is 0. The van der Waals surface area contributed by atoms with Crippen LogP contribution in [0.25, 0.3) is 0 Å². The molecule has 0 amide bonds. The van der Waals surface area contributed by atoms with E-state index in [9.17, 15) is 0 Å². The molecule has 0 fully saturated rings. The van der Waals surface area contributed by atoms with E-state index in [-0.39, 0.29) is 0 Å². The lowest BCUT2D eigenvalue weighted by molar-refractivity contribution is 0.0859. The molecule has 0 radical (unpaired) electrons. The van der Waals surface area contributed by atoms with Gasteiger partial charge in [-0.25, -0.2) is 0 Å². The predicted octanol–water partition coefficient (Wildman–Crippen LogP) is 10.8. The Balaban J connectivity index is 3.99. The number of hydrogen-bond acceptors (Lipinski definition) is 7. The summed E-state index contributed by atoms with van der Waals surface area (Å²) in [6.45, 7) is 8.62. The summed E-state index contributed by atoms with van der Waals surface area (Å²) < 4.78 is 30.3. The van der Waals surface area contributed by atoms with Crippen LogP contribution < -0.4 is 10.6 Å². The van der Waals surface area contributed by atoms with Crippen molar-refractivity contribution in [1.29, 1.82) is 0 Å². The topological polar surface area (TPSA) is 70.2 Å². The zero-order chi connectivity index (χ0) is 34.6. The summed E-state index contributed by atoms with van der Waals surface area (Å²) in [7, 11) is 1.04. The first-order valence-corrected chi connectivity index (χ1v) is 24.3. The van der Waals surface area contributed by atoms with Gasteiger partial charge in [-0.05, 0) is 51.9 Å². The molecule has 0 bridgehead atoms. The Bertz CT molecular complexity index is 563. The van der Waals surface area contributed by atoms with Crippen LogP contribution in [-0.4, -0.2) is 72.2 Å². The summed E-state index contributed by atoms with van der Waals surface area (Å²) in [6.07, 6.45) is 35.2. The SMILES string of the molecule is CCCCCCCCCCCCCCNCCC[Si](OC)(OC)O[Si](CCCNCCCCCCCCCCCCCC)(OC)OC. The maximum Gasteiger partial charge on any atom is 0.493 e. The molecule has 0 spiro atoms. The molecule has 0 saturated heterocycles. The Labute approximate surface area is 296 Å². The molecule has 7 nitrogen and oxygen atoms in total. The van der Waals surface area contributed by atoms with Gasteiger partial charge < -0.3 is 32.5 Å². The van der Waals surface area contributed by atoms with Crippen molar-refractivity contribution in [2.45, 2.75) is 193 Å². The lowest BCUT2D eigenvalue weighted by Crippen LogP contribution is -2.57. The summed E-state index contributed by atoms with van der Waals surface area (Å²) >= 11 is 0. The molecule has 0 unspecified atom stereocenters. The maximum atomic E-state index is 6.60. The van der Waals surface area contributed by atoms with Crippen molar-refractivity contribution in [2.24, 2.45) is 0 Å². The Kier molecular flexibility index (Phi) is 36.1. The monoisotopic (exact) mass is 705 g/mol. The minimum Gasteiger partial charge on any atom is -0.377 e. The Hall–Kier alpha value is 0.154. The van der Waals surface area contributed by atoms with E-state index in [1.807, 2.05) is 0 Å². The smallest absolute Gasteiger partial charge is 0.377 e. The largest absolute Gasteiger partial charge is 0.493 e. The summed E-state index contributed by atoms with van der Waals surface area (Å²) in [5, 5.41) is 7.23. The molecular weight excluding hydrogens is 621 g/mol. The van der Waals surface area contributed by atoms with Crippen LogP contribution in [0.2, 0.25) is 12.1 Å². The number of hydrogen-bond donors (Lipinski definition) is 2.